The van der Waals surface area contributed by atoms with Gasteiger partial charge in [0.1, 0.15) is 5.75 Å². The Morgan fingerprint density at radius 1 is 1.14 bits per heavy atom. The van der Waals surface area contributed by atoms with E-state index < -0.39 is 0 Å². The molecule has 0 aliphatic rings. The van der Waals surface area contributed by atoms with Crippen molar-refractivity contribution in [3.05, 3.63) is 53.6 Å². The van der Waals surface area contributed by atoms with E-state index in [2.05, 4.69) is 37.4 Å². The Morgan fingerprint density at radius 3 is 2.68 bits per heavy atom. The highest BCUT2D eigenvalue weighted by molar-refractivity contribution is 7.99. The van der Waals surface area contributed by atoms with Gasteiger partial charge in [-0.15, -0.1) is 11.8 Å². The van der Waals surface area contributed by atoms with Gasteiger partial charge in [0, 0.05) is 28.8 Å². The molecule has 0 saturated carbocycles. The molecule has 0 fully saturated rings. The first kappa shape index (κ1) is 16.4. The van der Waals surface area contributed by atoms with Crippen LogP contribution in [0, 0.1) is 13.8 Å². The Labute approximate surface area is 136 Å². The van der Waals surface area contributed by atoms with Crippen LogP contribution in [0.25, 0.3) is 0 Å². The number of hydrogen-bond acceptors (Lipinski definition) is 3. The third-order valence-corrected chi connectivity index (χ3v) is 4.43. The van der Waals surface area contributed by atoms with Gasteiger partial charge in [-0.1, -0.05) is 12.1 Å². The van der Waals surface area contributed by atoms with E-state index in [1.165, 1.54) is 16.0 Å². The molecule has 0 spiro atoms. The second-order valence-electron chi connectivity index (χ2n) is 5.12. The summed E-state index contributed by atoms with van der Waals surface area (Å²) < 4.78 is 5.14. The molecule has 3 nitrogen and oxygen atoms in total. The van der Waals surface area contributed by atoms with E-state index in [1.54, 1.807) is 18.9 Å². The van der Waals surface area contributed by atoms with Crippen LogP contribution in [0.2, 0.25) is 0 Å². The molecule has 116 valence electrons. The summed E-state index contributed by atoms with van der Waals surface area (Å²) >= 11 is 1.70. The predicted octanol–water partition coefficient (Wildman–Crippen LogP) is 4.43. The van der Waals surface area contributed by atoms with E-state index in [9.17, 15) is 4.79 Å². The van der Waals surface area contributed by atoms with E-state index in [-0.39, 0.29) is 5.91 Å². The Morgan fingerprint density at radius 2 is 1.95 bits per heavy atom. The SMILES string of the molecule is COc1cccc(NC(=O)CCSc2ccc(C)c(C)c2)c1. The first-order valence-electron chi connectivity index (χ1n) is 7.22. The Hall–Kier alpha value is -1.94. The predicted molar refractivity (Wildman–Crippen MR) is 92.9 cm³/mol. The van der Waals surface area contributed by atoms with Crippen LogP contribution in [-0.4, -0.2) is 18.8 Å². The summed E-state index contributed by atoms with van der Waals surface area (Å²) in [6.07, 6.45) is 0.481. The smallest absolute Gasteiger partial charge is 0.225 e. The maximum atomic E-state index is 12.0. The lowest BCUT2D eigenvalue weighted by Crippen LogP contribution is -2.12. The molecular formula is C18H21NO2S. The van der Waals surface area contributed by atoms with Gasteiger partial charge in [0.2, 0.25) is 5.91 Å². The monoisotopic (exact) mass is 315 g/mol. The number of hydrogen-bond donors (Lipinski definition) is 1. The molecule has 0 bridgehead atoms. The van der Waals surface area contributed by atoms with Crippen molar-refractivity contribution in [3.63, 3.8) is 0 Å². The summed E-state index contributed by atoms with van der Waals surface area (Å²) in [7, 11) is 1.61. The standard InChI is InChI=1S/C18H21NO2S/c1-13-7-8-17(11-14(13)2)22-10-9-18(20)19-15-5-4-6-16(12-15)21-3/h4-8,11-12H,9-10H2,1-3H3,(H,19,20). The van der Waals surface area contributed by atoms with Crippen LogP contribution < -0.4 is 10.1 Å². The average molecular weight is 315 g/mol. The van der Waals surface area contributed by atoms with Gasteiger partial charge in [-0.05, 0) is 49.2 Å². The van der Waals surface area contributed by atoms with Crippen LogP contribution in [0.3, 0.4) is 0 Å². The number of carbonyl (C=O) groups excluding carboxylic acids is 1. The van der Waals surface area contributed by atoms with Gasteiger partial charge in [-0.2, -0.15) is 0 Å². The van der Waals surface area contributed by atoms with Gasteiger partial charge in [-0.3, -0.25) is 4.79 Å². The topological polar surface area (TPSA) is 38.3 Å². The van der Waals surface area contributed by atoms with Crippen molar-refractivity contribution < 1.29 is 9.53 Å². The summed E-state index contributed by atoms with van der Waals surface area (Å²) in [4.78, 5) is 13.2. The summed E-state index contributed by atoms with van der Waals surface area (Å²) in [5, 5.41) is 2.89. The van der Waals surface area contributed by atoms with Crippen LogP contribution in [0.4, 0.5) is 5.69 Å². The number of amides is 1. The number of methoxy groups -OCH3 is 1. The van der Waals surface area contributed by atoms with Crippen molar-refractivity contribution in [2.45, 2.75) is 25.2 Å². The largest absolute Gasteiger partial charge is 0.497 e. The number of aryl methyl sites for hydroxylation is 2. The maximum Gasteiger partial charge on any atom is 0.225 e. The van der Waals surface area contributed by atoms with Gasteiger partial charge >= 0.3 is 0 Å². The number of nitrogens with one attached hydrogen (secondary N) is 1. The van der Waals surface area contributed by atoms with E-state index >= 15 is 0 Å². The number of anilines is 1. The maximum absolute atomic E-state index is 12.0. The van der Waals surface area contributed by atoms with Crippen molar-refractivity contribution in [1.29, 1.82) is 0 Å². The van der Waals surface area contributed by atoms with Crippen LogP contribution in [0.1, 0.15) is 17.5 Å². The zero-order chi connectivity index (χ0) is 15.9. The van der Waals surface area contributed by atoms with E-state index in [0.29, 0.717) is 6.42 Å². The minimum absolute atomic E-state index is 0.0181. The molecule has 4 heteroatoms. The van der Waals surface area contributed by atoms with Crippen LogP contribution in [0.5, 0.6) is 5.75 Å². The van der Waals surface area contributed by atoms with Crippen molar-refractivity contribution in [3.8, 4) is 5.75 Å². The molecule has 0 aliphatic carbocycles. The molecule has 2 aromatic carbocycles. The molecule has 1 amide bonds. The summed E-state index contributed by atoms with van der Waals surface area (Å²) in [5.74, 6) is 1.52. The van der Waals surface area contributed by atoms with Gasteiger partial charge < -0.3 is 10.1 Å². The first-order chi connectivity index (χ1) is 10.6. The third kappa shape index (κ3) is 4.81. The minimum Gasteiger partial charge on any atom is -0.497 e. The molecule has 0 heterocycles. The van der Waals surface area contributed by atoms with Gasteiger partial charge in [0.15, 0.2) is 0 Å². The zero-order valence-electron chi connectivity index (χ0n) is 13.2. The fourth-order valence-electron chi connectivity index (χ4n) is 1.99. The van der Waals surface area contributed by atoms with Gasteiger partial charge in [0.25, 0.3) is 0 Å². The van der Waals surface area contributed by atoms with Crippen LogP contribution in [-0.2, 0) is 4.79 Å². The van der Waals surface area contributed by atoms with Crippen molar-refractivity contribution in [2.24, 2.45) is 0 Å². The molecule has 2 aromatic rings. The van der Waals surface area contributed by atoms with Crippen molar-refractivity contribution in [1.82, 2.24) is 0 Å². The second-order valence-corrected chi connectivity index (χ2v) is 6.29. The molecule has 0 atom stereocenters. The molecule has 22 heavy (non-hydrogen) atoms. The highest BCUT2D eigenvalue weighted by Crippen LogP contribution is 2.22. The highest BCUT2D eigenvalue weighted by Gasteiger charge is 2.04. The van der Waals surface area contributed by atoms with E-state index in [1.807, 2.05) is 24.3 Å². The summed E-state index contributed by atoms with van der Waals surface area (Å²) in [6, 6.07) is 13.8. The van der Waals surface area contributed by atoms with E-state index in [0.717, 1.165) is 17.2 Å². The highest BCUT2D eigenvalue weighted by atomic mass is 32.2. The lowest BCUT2D eigenvalue weighted by Gasteiger charge is -2.07. The molecule has 0 unspecified atom stereocenters. The number of thioether (sulfide) groups is 1. The van der Waals surface area contributed by atoms with Crippen molar-refractivity contribution in [2.75, 3.05) is 18.2 Å². The molecule has 0 saturated heterocycles. The summed E-state index contributed by atoms with van der Waals surface area (Å²) in [6.45, 7) is 4.21. The molecule has 1 N–H and O–H groups in total. The van der Waals surface area contributed by atoms with Gasteiger partial charge in [0.05, 0.1) is 7.11 Å². The van der Waals surface area contributed by atoms with Crippen LogP contribution in [0.15, 0.2) is 47.4 Å². The molecule has 2 rings (SSSR count). The van der Waals surface area contributed by atoms with E-state index in [4.69, 9.17) is 4.74 Å². The first-order valence-corrected chi connectivity index (χ1v) is 8.21. The zero-order valence-corrected chi connectivity index (χ0v) is 14.0. The molecule has 0 radical (unpaired) electrons. The molecule has 0 aromatic heterocycles. The number of rotatable bonds is 6. The Bertz CT molecular complexity index is 655. The summed E-state index contributed by atoms with van der Waals surface area (Å²) in [5.41, 5.74) is 3.34. The number of benzene rings is 2. The molecular weight excluding hydrogens is 294 g/mol. The fourth-order valence-corrected chi connectivity index (χ4v) is 2.94. The van der Waals surface area contributed by atoms with Crippen LogP contribution >= 0.6 is 11.8 Å². The second kappa shape index (κ2) is 7.90. The quantitative estimate of drug-likeness (QED) is 0.801. The number of ether oxygens (including phenoxy) is 1. The lowest BCUT2D eigenvalue weighted by atomic mass is 10.1. The normalized spacial score (nSPS) is 10.3. The Kier molecular flexibility index (Phi) is 5.90. The lowest BCUT2D eigenvalue weighted by molar-refractivity contribution is -0.115. The Balaban J connectivity index is 1.81. The fraction of sp³-hybridized carbons (Fsp3) is 0.278. The number of carbonyl (C=O) groups is 1. The van der Waals surface area contributed by atoms with Crippen molar-refractivity contribution >= 4 is 23.4 Å². The molecule has 0 aliphatic heterocycles. The minimum atomic E-state index is 0.0181. The van der Waals surface area contributed by atoms with Gasteiger partial charge in [-0.25, -0.2) is 0 Å². The third-order valence-electron chi connectivity index (χ3n) is 3.43. The average Bonchev–Trinajstić information content (AvgIpc) is 2.51.